The van der Waals surface area contributed by atoms with Gasteiger partial charge in [-0.15, -0.1) is 16.5 Å². The summed E-state index contributed by atoms with van der Waals surface area (Å²) in [7, 11) is -9.87. The summed E-state index contributed by atoms with van der Waals surface area (Å²) in [5, 5.41) is 21.9. The zero-order chi connectivity index (χ0) is 42.4. The molecule has 1 N–H and O–H groups in total. The minimum atomic E-state index is -4.93. The Balaban J connectivity index is 0.00000397. The van der Waals surface area contributed by atoms with Crippen LogP contribution in [0.5, 0.6) is 0 Å². The SMILES string of the molecule is [C-]#[N+]c1nc(N=Nc2c(C)cc(C(c3nc4ccccc4s3)c3c(C)cc(C)c(S(=O)(=O)[O-])c3C)nc2Nc2c(C)cc(C)c(S(=O)(=O)[O-])c2C)n(CC#N)c1[N+]#[C-].[Na+].[Na+]. The van der Waals surface area contributed by atoms with Crippen molar-refractivity contribution in [3.8, 4) is 6.07 Å². The van der Waals surface area contributed by atoms with Crippen molar-refractivity contribution in [1.82, 2.24) is 19.5 Å². The Morgan fingerprint density at radius 3 is 2.03 bits per heavy atom. The second kappa shape index (κ2) is 18.7. The summed E-state index contributed by atoms with van der Waals surface area (Å²) >= 11 is 1.35. The molecule has 0 saturated carbocycles. The van der Waals surface area contributed by atoms with Crippen LogP contribution < -0.4 is 64.4 Å². The van der Waals surface area contributed by atoms with Gasteiger partial charge in [0.1, 0.15) is 37.0 Å². The van der Waals surface area contributed by atoms with E-state index in [1.54, 1.807) is 52.8 Å². The number of para-hydroxylation sites is 1. The number of thiazole rings is 1. The van der Waals surface area contributed by atoms with E-state index in [2.05, 4.69) is 30.2 Å². The maximum Gasteiger partial charge on any atom is 1.00 e. The first-order chi connectivity index (χ1) is 27.3. The number of anilines is 2. The number of imidazole rings is 1. The van der Waals surface area contributed by atoms with E-state index in [0.29, 0.717) is 38.5 Å². The number of hydrogen-bond donors (Lipinski definition) is 1. The first kappa shape index (κ1) is 48.3. The first-order valence-electron chi connectivity index (χ1n) is 17.2. The third kappa shape index (κ3) is 9.25. The van der Waals surface area contributed by atoms with Gasteiger partial charge in [-0.1, -0.05) is 47.5 Å². The summed E-state index contributed by atoms with van der Waals surface area (Å²) in [6.07, 6.45) is 0. The average Bonchev–Trinajstić information content (AvgIpc) is 3.70. The number of pyridine rings is 1. The van der Waals surface area contributed by atoms with Crippen LogP contribution in [0, 0.1) is 72.9 Å². The summed E-state index contributed by atoms with van der Waals surface area (Å²) in [6.45, 7) is 26.0. The molecule has 21 heteroatoms. The quantitative estimate of drug-likeness (QED) is 0.0911. The number of nitriles is 1. The van der Waals surface area contributed by atoms with Crippen LogP contribution in [0.15, 0.2) is 62.5 Å². The monoisotopic (exact) mass is 878 g/mol. The van der Waals surface area contributed by atoms with E-state index in [-0.39, 0.29) is 128 Å². The maximum atomic E-state index is 12.7. The zero-order valence-corrected chi connectivity index (χ0v) is 40.5. The topological polar surface area (TPSA) is 227 Å². The number of nitrogens with zero attached hydrogens (tertiary/aromatic N) is 9. The summed E-state index contributed by atoms with van der Waals surface area (Å²) in [4.78, 5) is 19.9. The summed E-state index contributed by atoms with van der Waals surface area (Å²) in [6, 6.07) is 14.2. The molecule has 0 radical (unpaired) electrons. The molecule has 0 bridgehead atoms. The van der Waals surface area contributed by atoms with E-state index < -0.39 is 31.0 Å². The van der Waals surface area contributed by atoms with Gasteiger partial charge < -0.3 is 24.1 Å². The van der Waals surface area contributed by atoms with Crippen LogP contribution in [-0.2, 0) is 26.8 Å². The predicted molar refractivity (Wildman–Crippen MR) is 215 cm³/mol. The van der Waals surface area contributed by atoms with Crippen LogP contribution in [0.2, 0.25) is 0 Å². The Labute approximate surface area is 395 Å². The van der Waals surface area contributed by atoms with Crippen molar-refractivity contribution in [2.24, 2.45) is 10.2 Å². The molecule has 3 aromatic carbocycles. The van der Waals surface area contributed by atoms with E-state index in [0.717, 1.165) is 9.27 Å². The van der Waals surface area contributed by atoms with E-state index in [4.69, 9.17) is 23.1 Å². The van der Waals surface area contributed by atoms with Crippen molar-refractivity contribution in [1.29, 1.82) is 5.26 Å². The zero-order valence-electron chi connectivity index (χ0n) is 34.0. The third-order valence-corrected chi connectivity index (χ3v) is 12.9. The van der Waals surface area contributed by atoms with Crippen molar-refractivity contribution < 1.29 is 85.1 Å². The van der Waals surface area contributed by atoms with Gasteiger partial charge in [0.05, 0.1) is 31.6 Å². The predicted octanol–water partition coefficient (Wildman–Crippen LogP) is 2.83. The standard InChI is InChI=1S/C39H34N10O6S3.2Na/c1-19-16-22(4)33(57(50,51)52)24(6)29(19)30(38-44-26-12-10-11-13-28(26)56-38)27-18-21(3)32(47-48-39-46-36(41-8)37(42-9)49(39)15-14-40)35(43-27)45-31-20(2)17-23(5)34(25(31)7)58(53,54)55;;/h10-13,16-18,30H,15H2,1-7H3,(H,43,45)(H,50,51,52)(H,53,54,55);;/q;2*+1/p-2. The van der Waals surface area contributed by atoms with Crippen LogP contribution in [0.25, 0.3) is 19.9 Å². The van der Waals surface area contributed by atoms with E-state index in [9.17, 15) is 31.2 Å². The summed E-state index contributed by atoms with van der Waals surface area (Å²) in [5.41, 5.74) is 4.34. The van der Waals surface area contributed by atoms with Gasteiger partial charge in [0.25, 0.3) is 11.6 Å². The molecular formula is C39H32N10Na2O6S3. The summed E-state index contributed by atoms with van der Waals surface area (Å²) in [5.74, 6) is -1.53. The van der Waals surface area contributed by atoms with Crippen molar-refractivity contribution in [3.63, 3.8) is 0 Å². The molecule has 0 amide bonds. The fraction of sp³-hybridized carbons (Fsp3) is 0.231. The number of rotatable bonds is 10. The van der Waals surface area contributed by atoms with E-state index in [1.165, 1.54) is 25.2 Å². The Morgan fingerprint density at radius 1 is 0.833 bits per heavy atom. The number of hydrogen-bond acceptors (Lipinski definition) is 14. The Kier molecular flexibility index (Phi) is 15.0. The van der Waals surface area contributed by atoms with Crippen LogP contribution in [0.4, 0.5) is 34.8 Å². The molecule has 0 fully saturated rings. The van der Waals surface area contributed by atoms with Crippen molar-refractivity contribution >= 4 is 76.6 Å². The molecule has 0 spiro atoms. The number of nitrogens with one attached hydrogen (secondary N) is 1. The minimum absolute atomic E-state index is 0. The smallest absolute Gasteiger partial charge is 0.744 e. The summed E-state index contributed by atoms with van der Waals surface area (Å²) < 4.78 is 77.5. The molecule has 294 valence electrons. The van der Waals surface area contributed by atoms with Crippen LogP contribution >= 0.6 is 11.3 Å². The fourth-order valence-corrected chi connectivity index (χ4v) is 10.3. The van der Waals surface area contributed by atoms with Crippen molar-refractivity contribution in [3.05, 3.63) is 121 Å². The first-order valence-corrected chi connectivity index (χ1v) is 20.8. The molecule has 1 atom stereocenters. The Hall–Kier alpha value is -4.40. The molecule has 3 aromatic heterocycles. The van der Waals surface area contributed by atoms with Gasteiger partial charge >= 0.3 is 65.1 Å². The third-order valence-electron chi connectivity index (χ3n) is 9.53. The molecular weight excluding hydrogens is 847 g/mol. The van der Waals surface area contributed by atoms with Gasteiger partial charge in [-0.05, 0) is 111 Å². The molecule has 0 aliphatic rings. The van der Waals surface area contributed by atoms with Gasteiger partial charge in [0.15, 0.2) is 12.4 Å². The second-order valence-electron chi connectivity index (χ2n) is 13.5. The van der Waals surface area contributed by atoms with Crippen LogP contribution in [0.3, 0.4) is 0 Å². The van der Waals surface area contributed by atoms with Gasteiger partial charge in [-0.2, -0.15) is 5.26 Å². The molecule has 1 unspecified atom stereocenters. The van der Waals surface area contributed by atoms with Gasteiger partial charge in [-0.25, -0.2) is 31.4 Å². The van der Waals surface area contributed by atoms with E-state index >= 15 is 0 Å². The fourth-order valence-electron chi connectivity index (χ4n) is 7.33. The number of fused-ring (bicyclic) bond motifs is 1. The van der Waals surface area contributed by atoms with Crippen LogP contribution in [-0.4, -0.2) is 45.5 Å². The largest absolute Gasteiger partial charge is 1.00 e. The van der Waals surface area contributed by atoms with Gasteiger partial charge in [0.2, 0.25) is 0 Å². The molecule has 60 heavy (non-hydrogen) atoms. The van der Waals surface area contributed by atoms with Gasteiger partial charge in [-0.3, -0.25) is 0 Å². The number of aryl methyl sites for hydroxylation is 5. The van der Waals surface area contributed by atoms with Crippen molar-refractivity contribution in [2.45, 2.75) is 70.7 Å². The number of azo groups is 1. The maximum absolute atomic E-state index is 12.7. The molecule has 6 rings (SSSR count). The Bertz CT molecular complexity index is 3070. The number of benzene rings is 3. The second-order valence-corrected chi connectivity index (χ2v) is 17.2. The van der Waals surface area contributed by atoms with E-state index in [1.807, 2.05) is 30.3 Å². The molecule has 0 aliphatic heterocycles. The molecule has 0 aliphatic carbocycles. The Morgan fingerprint density at radius 2 is 1.45 bits per heavy atom. The normalized spacial score (nSPS) is 12.0. The number of aromatic nitrogens is 4. The molecule has 3 heterocycles. The minimum Gasteiger partial charge on any atom is -0.744 e. The van der Waals surface area contributed by atoms with Crippen LogP contribution in [0.1, 0.15) is 61.1 Å². The average molecular weight is 879 g/mol. The molecule has 0 saturated heterocycles. The van der Waals surface area contributed by atoms with Crippen molar-refractivity contribution in [2.75, 3.05) is 5.32 Å². The molecule has 6 aromatic rings. The molecule has 16 nitrogen and oxygen atoms in total. The van der Waals surface area contributed by atoms with Gasteiger partial charge in [0, 0.05) is 5.69 Å².